The van der Waals surface area contributed by atoms with Gasteiger partial charge >= 0.3 is 0 Å². The lowest BCUT2D eigenvalue weighted by Gasteiger charge is -2.43. The molecule has 0 saturated carbocycles. The molecule has 2 aliphatic rings. The molecule has 0 radical (unpaired) electrons. The highest BCUT2D eigenvalue weighted by molar-refractivity contribution is 7.91. The molecule has 2 aliphatic heterocycles. The number of nitrogens with zero attached hydrogens (tertiary/aromatic N) is 3. The highest BCUT2D eigenvalue weighted by Gasteiger charge is 2.49. The Morgan fingerprint density at radius 2 is 1.80 bits per heavy atom. The number of ketones is 1. The Balaban J connectivity index is 1.88. The Labute approximate surface area is 145 Å². The molecule has 2 fully saturated rings. The van der Waals surface area contributed by atoms with Crippen LogP contribution in [0.3, 0.4) is 0 Å². The van der Waals surface area contributed by atoms with Gasteiger partial charge in [0.15, 0.2) is 15.6 Å². The van der Waals surface area contributed by atoms with Crippen LogP contribution in [0.5, 0.6) is 0 Å². The number of aromatic amines is 1. The number of hydrogen-bond acceptors (Lipinski definition) is 6. The van der Waals surface area contributed by atoms with Gasteiger partial charge in [0.2, 0.25) is 5.91 Å². The molecule has 0 bridgehead atoms. The lowest BCUT2D eigenvalue weighted by Crippen LogP contribution is -2.61. The third-order valence-electron chi connectivity index (χ3n) is 4.73. The van der Waals surface area contributed by atoms with E-state index >= 15 is 0 Å². The van der Waals surface area contributed by atoms with Gasteiger partial charge in [0.1, 0.15) is 11.4 Å². The highest BCUT2D eigenvalue weighted by atomic mass is 32.2. The first-order valence-electron chi connectivity index (χ1n) is 8.10. The zero-order valence-corrected chi connectivity index (χ0v) is 14.9. The van der Waals surface area contributed by atoms with Gasteiger partial charge in [0, 0.05) is 26.4 Å². The average Bonchev–Trinajstić information content (AvgIpc) is 3.15. The molecule has 0 unspecified atom stereocenters. The zero-order chi connectivity index (χ0) is 18.4. The summed E-state index contributed by atoms with van der Waals surface area (Å²) in [6, 6.07) is 0.267. The van der Waals surface area contributed by atoms with Crippen molar-refractivity contribution in [2.24, 2.45) is 0 Å². The minimum Gasteiger partial charge on any atom is -0.335 e. The summed E-state index contributed by atoms with van der Waals surface area (Å²) in [5.74, 6) is -1.08. The molecule has 0 aromatic carbocycles. The van der Waals surface area contributed by atoms with Crippen molar-refractivity contribution >= 4 is 27.4 Å². The predicted molar refractivity (Wildman–Crippen MR) is 87.9 cm³/mol. The molecule has 1 aromatic rings. The lowest BCUT2D eigenvalue weighted by atomic mass is 10.0. The number of Topliss-reactive ketones (excluding diaryl/α,β-unsaturated/α-hetero) is 1. The van der Waals surface area contributed by atoms with Crippen LogP contribution in [-0.2, 0) is 14.6 Å². The monoisotopic (exact) mass is 368 g/mol. The van der Waals surface area contributed by atoms with Gasteiger partial charge in [-0.2, -0.15) is 5.10 Å². The van der Waals surface area contributed by atoms with Gasteiger partial charge in [0.05, 0.1) is 23.6 Å². The van der Waals surface area contributed by atoms with E-state index in [1.54, 1.807) is 11.8 Å². The van der Waals surface area contributed by atoms with Crippen molar-refractivity contribution in [1.29, 1.82) is 0 Å². The molecule has 3 heterocycles. The van der Waals surface area contributed by atoms with Crippen LogP contribution in [0, 0.1) is 0 Å². The van der Waals surface area contributed by atoms with Crippen molar-refractivity contribution in [3.05, 3.63) is 17.5 Å². The number of rotatable bonds is 3. The summed E-state index contributed by atoms with van der Waals surface area (Å²) in [4.78, 5) is 39.3. The Hall–Kier alpha value is -2.23. The van der Waals surface area contributed by atoms with Crippen molar-refractivity contribution in [1.82, 2.24) is 20.0 Å². The average molecular weight is 368 g/mol. The molecule has 2 atom stereocenters. The first-order chi connectivity index (χ1) is 11.7. The Bertz CT molecular complexity index is 831. The second kappa shape index (κ2) is 6.25. The molecular formula is C15H20N4O5S. The van der Waals surface area contributed by atoms with E-state index in [1.807, 2.05) is 0 Å². The van der Waals surface area contributed by atoms with Gasteiger partial charge in [-0.3, -0.25) is 19.5 Å². The fourth-order valence-electron chi connectivity index (χ4n) is 3.48. The normalized spacial score (nSPS) is 24.9. The van der Waals surface area contributed by atoms with Crippen LogP contribution in [0.15, 0.2) is 6.07 Å². The molecule has 1 aromatic heterocycles. The van der Waals surface area contributed by atoms with E-state index in [9.17, 15) is 22.8 Å². The number of sulfone groups is 1. The topological polar surface area (TPSA) is 121 Å². The van der Waals surface area contributed by atoms with Crippen LogP contribution in [0.4, 0.5) is 0 Å². The van der Waals surface area contributed by atoms with Crippen molar-refractivity contribution in [3.63, 3.8) is 0 Å². The van der Waals surface area contributed by atoms with Crippen molar-refractivity contribution in [3.8, 4) is 0 Å². The van der Waals surface area contributed by atoms with Gasteiger partial charge in [-0.25, -0.2) is 8.42 Å². The van der Waals surface area contributed by atoms with Gasteiger partial charge in [-0.1, -0.05) is 6.92 Å². The number of aromatic nitrogens is 2. The highest BCUT2D eigenvalue weighted by Crippen LogP contribution is 2.28. The van der Waals surface area contributed by atoms with E-state index in [1.165, 1.54) is 17.9 Å². The summed E-state index contributed by atoms with van der Waals surface area (Å²) in [6.45, 7) is 3.61. The number of nitrogens with one attached hydrogen (secondary N) is 1. The number of hydrogen-bond donors (Lipinski definition) is 1. The molecule has 2 saturated heterocycles. The maximum absolute atomic E-state index is 12.8. The van der Waals surface area contributed by atoms with E-state index in [2.05, 4.69) is 10.2 Å². The van der Waals surface area contributed by atoms with Crippen LogP contribution in [0.2, 0.25) is 0 Å². The van der Waals surface area contributed by atoms with Crippen molar-refractivity contribution in [2.45, 2.75) is 32.4 Å². The maximum Gasteiger partial charge on any atom is 0.272 e. The number of carbonyl (C=O) groups excluding carboxylic acids is 3. The van der Waals surface area contributed by atoms with Crippen LogP contribution in [-0.4, -0.2) is 82.7 Å². The molecule has 3 rings (SSSR count). The first kappa shape index (κ1) is 17.6. The lowest BCUT2D eigenvalue weighted by molar-refractivity contribution is -0.135. The molecule has 136 valence electrons. The van der Waals surface area contributed by atoms with Crippen LogP contribution >= 0.6 is 0 Å². The third kappa shape index (κ3) is 3.17. The number of carbonyl (C=O) groups is 3. The fraction of sp³-hybridized carbons (Fsp3) is 0.600. The van der Waals surface area contributed by atoms with Crippen LogP contribution < -0.4 is 0 Å². The molecule has 25 heavy (non-hydrogen) atoms. The van der Waals surface area contributed by atoms with E-state index < -0.39 is 27.8 Å². The van der Waals surface area contributed by atoms with Gasteiger partial charge in [-0.15, -0.1) is 0 Å². The van der Waals surface area contributed by atoms with E-state index in [0.717, 1.165) is 0 Å². The molecule has 10 heteroatoms. The minimum absolute atomic E-state index is 0.111. The zero-order valence-electron chi connectivity index (χ0n) is 14.1. The Morgan fingerprint density at radius 3 is 2.36 bits per heavy atom. The van der Waals surface area contributed by atoms with Crippen molar-refractivity contribution in [2.75, 3.05) is 24.6 Å². The van der Waals surface area contributed by atoms with Crippen LogP contribution in [0.1, 0.15) is 41.2 Å². The van der Waals surface area contributed by atoms with E-state index in [0.29, 0.717) is 13.0 Å². The Morgan fingerprint density at radius 1 is 1.20 bits per heavy atom. The molecule has 1 N–H and O–H groups in total. The van der Waals surface area contributed by atoms with Crippen molar-refractivity contribution < 1.29 is 22.8 Å². The minimum atomic E-state index is -3.33. The summed E-state index contributed by atoms with van der Waals surface area (Å²) in [7, 11) is -3.33. The van der Waals surface area contributed by atoms with Gasteiger partial charge < -0.3 is 9.80 Å². The van der Waals surface area contributed by atoms with Crippen LogP contribution in [0.25, 0.3) is 0 Å². The maximum atomic E-state index is 12.8. The number of H-pyrrole nitrogens is 1. The summed E-state index contributed by atoms with van der Waals surface area (Å²) >= 11 is 0. The second-order valence-electron chi connectivity index (χ2n) is 6.37. The quantitative estimate of drug-likeness (QED) is 0.716. The van der Waals surface area contributed by atoms with E-state index in [4.69, 9.17) is 0 Å². The standard InChI is InChI=1S/C15H20N4O5S/c1-3-14(21)18-4-5-19(13-8-25(23,24)7-12(13)18)15(22)11-6-10(9(2)20)16-17-11/h6,12-13H,3-5,7-8H2,1-2H3,(H,16,17)/t12-,13+/m1/s1. The number of fused-ring (bicyclic) bond motifs is 1. The van der Waals surface area contributed by atoms with Gasteiger partial charge in [-0.05, 0) is 6.07 Å². The smallest absolute Gasteiger partial charge is 0.272 e. The molecule has 0 aliphatic carbocycles. The molecule has 9 nitrogen and oxygen atoms in total. The predicted octanol–water partition coefficient (Wildman–Crippen LogP) is -0.528. The summed E-state index contributed by atoms with van der Waals surface area (Å²) in [5.41, 5.74) is 0.294. The number of piperazine rings is 1. The summed E-state index contributed by atoms with van der Waals surface area (Å²) in [6.07, 6.45) is 0.291. The fourth-order valence-corrected chi connectivity index (χ4v) is 5.47. The SMILES string of the molecule is CCC(=O)N1CCN(C(=O)c2cc(C(C)=O)n[nH]2)[C@H]2CS(=O)(=O)C[C@H]21. The Kier molecular flexibility index (Phi) is 4.40. The summed E-state index contributed by atoms with van der Waals surface area (Å²) in [5, 5.41) is 6.34. The molecular weight excluding hydrogens is 348 g/mol. The largest absolute Gasteiger partial charge is 0.335 e. The third-order valence-corrected chi connectivity index (χ3v) is 6.43. The van der Waals surface area contributed by atoms with E-state index in [-0.39, 0.29) is 41.1 Å². The van der Waals surface area contributed by atoms with Gasteiger partial charge in [0.25, 0.3) is 5.91 Å². The molecule has 0 spiro atoms. The summed E-state index contributed by atoms with van der Waals surface area (Å²) < 4.78 is 24.2. The second-order valence-corrected chi connectivity index (χ2v) is 8.53. The first-order valence-corrected chi connectivity index (χ1v) is 9.93. The molecule has 2 amide bonds. The number of amides is 2.